The molecule has 0 aliphatic carbocycles. The van der Waals surface area contributed by atoms with Crippen molar-refractivity contribution in [2.24, 2.45) is 0 Å². The number of hydrogen-bond donors (Lipinski definition) is 3. The van der Waals surface area contributed by atoms with Crippen LogP contribution in [0.4, 0.5) is 5.82 Å². The van der Waals surface area contributed by atoms with Crippen molar-refractivity contribution in [3.63, 3.8) is 0 Å². The van der Waals surface area contributed by atoms with Crippen LogP contribution in [0.1, 0.15) is 35.2 Å². The fourth-order valence-electron chi connectivity index (χ4n) is 3.81. The number of nitrogens with one attached hydrogen (secondary N) is 3. The van der Waals surface area contributed by atoms with Gasteiger partial charge in [-0.2, -0.15) is 0 Å². The van der Waals surface area contributed by atoms with Gasteiger partial charge in [0, 0.05) is 24.0 Å². The van der Waals surface area contributed by atoms with Gasteiger partial charge >= 0.3 is 0 Å². The highest BCUT2D eigenvalue weighted by Crippen LogP contribution is 2.19. The Balaban J connectivity index is 1.29. The van der Waals surface area contributed by atoms with Crippen LogP contribution in [0, 0.1) is 4.77 Å². The Morgan fingerprint density at radius 1 is 1.10 bits per heavy atom. The van der Waals surface area contributed by atoms with Crippen molar-refractivity contribution < 1.29 is 4.79 Å². The Bertz CT molecular complexity index is 1060. The van der Waals surface area contributed by atoms with Crippen LogP contribution in [0.5, 0.6) is 0 Å². The van der Waals surface area contributed by atoms with Gasteiger partial charge in [-0.15, -0.1) is 0 Å². The van der Waals surface area contributed by atoms with E-state index in [0.29, 0.717) is 23.4 Å². The van der Waals surface area contributed by atoms with Gasteiger partial charge in [0.2, 0.25) is 0 Å². The lowest BCUT2D eigenvalue weighted by atomic mass is 10.1. The lowest BCUT2D eigenvalue weighted by molar-refractivity contribution is 0.0952. The Morgan fingerprint density at radius 3 is 2.67 bits per heavy atom. The Morgan fingerprint density at radius 2 is 1.87 bits per heavy atom. The number of carbonyl (C=O) groups is 1. The molecular formula is C23H27N5OS. The normalized spacial score (nSPS) is 14.1. The summed E-state index contributed by atoms with van der Waals surface area (Å²) in [5.74, 6) is 0.743. The average molecular weight is 422 g/mol. The van der Waals surface area contributed by atoms with E-state index in [-0.39, 0.29) is 5.91 Å². The number of likely N-dealkylation sites (tertiary alicyclic amines) is 1. The van der Waals surface area contributed by atoms with E-state index in [1.165, 1.54) is 25.9 Å². The molecular weight excluding hydrogens is 394 g/mol. The molecule has 1 aliphatic rings. The molecule has 7 heteroatoms. The second kappa shape index (κ2) is 9.82. The molecule has 0 unspecified atom stereocenters. The first-order valence-corrected chi connectivity index (χ1v) is 10.9. The maximum Gasteiger partial charge on any atom is 0.251 e. The van der Waals surface area contributed by atoms with E-state index in [1.54, 1.807) is 0 Å². The Hall–Kier alpha value is -2.77. The van der Waals surface area contributed by atoms with Crippen molar-refractivity contribution in [3.8, 4) is 0 Å². The SMILES string of the molecule is O=C(NCCCN1CCCC1)c1ccc(CNc2nc(=S)[nH]c3ccccc23)cc1. The molecule has 30 heavy (non-hydrogen) atoms. The van der Waals surface area contributed by atoms with Crippen LogP contribution in [-0.4, -0.2) is 47.0 Å². The standard InChI is InChI=1S/C23H27N5OS/c29-22(24-12-5-15-28-13-3-4-14-28)18-10-8-17(9-11-18)16-25-21-19-6-1-2-7-20(19)26-23(30)27-21/h1-2,6-11H,3-5,12-16H2,(H,24,29)(H2,25,26,27,30). The number of carbonyl (C=O) groups excluding carboxylic acids is 1. The molecule has 0 atom stereocenters. The summed E-state index contributed by atoms with van der Waals surface area (Å²) >= 11 is 5.22. The minimum absolute atomic E-state index is 0.0158. The number of para-hydroxylation sites is 1. The van der Waals surface area contributed by atoms with Gasteiger partial charge in [0.1, 0.15) is 5.82 Å². The molecule has 3 aromatic rings. The first-order valence-electron chi connectivity index (χ1n) is 10.5. The number of fused-ring (bicyclic) bond motifs is 1. The minimum atomic E-state index is -0.0158. The molecule has 2 aromatic carbocycles. The van der Waals surface area contributed by atoms with Gasteiger partial charge in [-0.1, -0.05) is 24.3 Å². The molecule has 0 radical (unpaired) electrons. The summed E-state index contributed by atoms with van der Waals surface area (Å²) in [6.45, 7) is 4.78. The molecule has 1 saturated heterocycles. The van der Waals surface area contributed by atoms with Gasteiger partial charge in [0.05, 0.1) is 5.52 Å². The molecule has 2 heterocycles. The molecule has 0 spiro atoms. The predicted molar refractivity (Wildman–Crippen MR) is 123 cm³/mol. The number of nitrogens with zero attached hydrogens (tertiary/aromatic N) is 2. The van der Waals surface area contributed by atoms with Crippen molar-refractivity contribution >= 4 is 34.8 Å². The van der Waals surface area contributed by atoms with Gasteiger partial charge in [0.25, 0.3) is 5.91 Å². The summed E-state index contributed by atoms with van der Waals surface area (Å²) in [6, 6.07) is 15.6. The van der Waals surface area contributed by atoms with Gasteiger partial charge in [-0.25, -0.2) is 4.98 Å². The molecule has 0 bridgehead atoms. The van der Waals surface area contributed by atoms with Gasteiger partial charge in [-0.05, 0) is 80.9 Å². The van der Waals surface area contributed by atoms with Crippen LogP contribution in [0.25, 0.3) is 10.9 Å². The van der Waals surface area contributed by atoms with Crippen molar-refractivity contribution in [1.29, 1.82) is 0 Å². The van der Waals surface area contributed by atoms with E-state index < -0.39 is 0 Å². The molecule has 4 rings (SSSR count). The first kappa shape index (κ1) is 20.5. The van der Waals surface area contributed by atoms with E-state index in [2.05, 4.69) is 25.5 Å². The molecule has 1 amide bonds. The number of hydrogen-bond acceptors (Lipinski definition) is 5. The highest BCUT2D eigenvalue weighted by atomic mass is 32.1. The molecule has 1 fully saturated rings. The summed E-state index contributed by atoms with van der Waals surface area (Å²) in [6.07, 6.45) is 3.60. The van der Waals surface area contributed by atoms with Crippen molar-refractivity contribution in [2.75, 3.05) is 31.5 Å². The molecule has 1 aliphatic heterocycles. The monoisotopic (exact) mass is 421 g/mol. The first-order chi connectivity index (χ1) is 14.7. The number of amides is 1. The van der Waals surface area contributed by atoms with E-state index in [0.717, 1.165) is 35.2 Å². The number of H-pyrrole nitrogens is 1. The summed E-state index contributed by atoms with van der Waals surface area (Å²) in [4.78, 5) is 22.3. The van der Waals surface area contributed by atoms with E-state index >= 15 is 0 Å². The highest BCUT2D eigenvalue weighted by molar-refractivity contribution is 7.71. The lowest BCUT2D eigenvalue weighted by Gasteiger charge is -2.14. The van der Waals surface area contributed by atoms with Gasteiger partial charge in [-0.3, -0.25) is 4.79 Å². The third-order valence-corrected chi connectivity index (χ3v) is 5.64. The second-order valence-electron chi connectivity index (χ2n) is 7.64. The molecule has 1 aromatic heterocycles. The summed E-state index contributed by atoms with van der Waals surface area (Å²) in [5.41, 5.74) is 2.72. The van der Waals surface area contributed by atoms with Crippen molar-refractivity contribution in [1.82, 2.24) is 20.2 Å². The summed E-state index contributed by atoms with van der Waals surface area (Å²) in [7, 11) is 0. The molecule has 0 saturated carbocycles. The van der Waals surface area contributed by atoms with Crippen LogP contribution < -0.4 is 10.6 Å². The largest absolute Gasteiger partial charge is 0.365 e. The maximum atomic E-state index is 12.3. The zero-order valence-corrected chi connectivity index (χ0v) is 17.8. The minimum Gasteiger partial charge on any atom is -0.365 e. The van der Waals surface area contributed by atoms with Crippen LogP contribution in [0.2, 0.25) is 0 Å². The summed E-state index contributed by atoms with van der Waals surface area (Å²) in [5, 5.41) is 7.38. The van der Waals surface area contributed by atoms with E-state index in [1.807, 2.05) is 48.5 Å². The van der Waals surface area contributed by atoms with Gasteiger partial charge < -0.3 is 20.5 Å². The second-order valence-corrected chi connectivity index (χ2v) is 8.03. The smallest absolute Gasteiger partial charge is 0.251 e. The van der Waals surface area contributed by atoms with Crippen molar-refractivity contribution in [3.05, 3.63) is 64.4 Å². The molecule has 6 nitrogen and oxygen atoms in total. The zero-order chi connectivity index (χ0) is 20.8. The number of rotatable bonds is 8. The average Bonchev–Trinajstić information content (AvgIpc) is 3.29. The van der Waals surface area contributed by atoms with E-state index in [9.17, 15) is 4.79 Å². The fraction of sp³-hybridized carbons (Fsp3) is 0.348. The third kappa shape index (κ3) is 5.23. The van der Waals surface area contributed by atoms with Crippen LogP contribution in [0.3, 0.4) is 0 Å². The number of aromatic nitrogens is 2. The Kier molecular flexibility index (Phi) is 6.71. The van der Waals surface area contributed by atoms with E-state index in [4.69, 9.17) is 12.2 Å². The van der Waals surface area contributed by atoms with Gasteiger partial charge in [0.15, 0.2) is 4.77 Å². The number of anilines is 1. The predicted octanol–water partition coefficient (Wildman–Crippen LogP) is 4.12. The number of benzene rings is 2. The number of aromatic amines is 1. The molecule has 156 valence electrons. The topological polar surface area (TPSA) is 73.1 Å². The Labute approximate surface area is 181 Å². The van der Waals surface area contributed by atoms with Crippen LogP contribution in [0.15, 0.2) is 48.5 Å². The fourth-order valence-corrected chi connectivity index (χ4v) is 4.01. The lowest BCUT2D eigenvalue weighted by Crippen LogP contribution is -2.28. The maximum absolute atomic E-state index is 12.3. The quantitative estimate of drug-likeness (QED) is 0.377. The molecule has 3 N–H and O–H groups in total. The highest BCUT2D eigenvalue weighted by Gasteiger charge is 2.11. The summed E-state index contributed by atoms with van der Waals surface area (Å²) < 4.78 is 0.452. The van der Waals surface area contributed by atoms with Crippen LogP contribution in [-0.2, 0) is 6.54 Å². The van der Waals surface area contributed by atoms with Crippen LogP contribution >= 0.6 is 12.2 Å². The van der Waals surface area contributed by atoms with Crippen molar-refractivity contribution in [2.45, 2.75) is 25.8 Å². The zero-order valence-electron chi connectivity index (χ0n) is 17.0. The third-order valence-electron chi connectivity index (χ3n) is 5.45.